The highest BCUT2D eigenvalue weighted by molar-refractivity contribution is 5.67. The van der Waals surface area contributed by atoms with Crippen LogP contribution in [0.15, 0.2) is 18.2 Å². The Morgan fingerprint density at radius 1 is 1.40 bits per heavy atom. The average Bonchev–Trinajstić information content (AvgIpc) is 2.18. The van der Waals surface area contributed by atoms with Gasteiger partial charge in [0.2, 0.25) is 0 Å². The highest BCUT2D eigenvalue weighted by Gasteiger charge is 2.01. The summed E-state index contributed by atoms with van der Waals surface area (Å²) in [6.45, 7) is 4.38. The summed E-state index contributed by atoms with van der Waals surface area (Å²) < 4.78 is 4.99. The standard InChI is InChI=1S/C12H16O3/c1-9-4-3-5-11(10(9)2)6-7-15-8-12(13)14/h3-5H,6-8H2,1-2H3,(H,13,14). The van der Waals surface area contributed by atoms with E-state index in [-0.39, 0.29) is 6.61 Å². The van der Waals surface area contributed by atoms with E-state index in [0.29, 0.717) is 6.61 Å². The van der Waals surface area contributed by atoms with Crippen molar-refractivity contribution >= 4 is 5.97 Å². The largest absolute Gasteiger partial charge is 0.480 e. The number of benzene rings is 1. The minimum atomic E-state index is -0.920. The zero-order valence-corrected chi connectivity index (χ0v) is 9.12. The first-order valence-electron chi connectivity index (χ1n) is 4.96. The van der Waals surface area contributed by atoms with Crippen LogP contribution in [0.3, 0.4) is 0 Å². The number of aliphatic carboxylic acids is 1. The van der Waals surface area contributed by atoms with Crippen LogP contribution in [0.4, 0.5) is 0 Å². The van der Waals surface area contributed by atoms with Gasteiger partial charge in [0.1, 0.15) is 6.61 Å². The number of hydrogen-bond acceptors (Lipinski definition) is 2. The Morgan fingerprint density at radius 2 is 2.13 bits per heavy atom. The Labute approximate surface area is 89.7 Å². The van der Waals surface area contributed by atoms with Gasteiger partial charge in [-0.25, -0.2) is 4.79 Å². The zero-order chi connectivity index (χ0) is 11.3. The topological polar surface area (TPSA) is 46.5 Å². The molecule has 0 saturated heterocycles. The molecule has 0 saturated carbocycles. The van der Waals surface area contributed by atoms with Crippen LogP contribution in [0.2, 0.25) is 0 Å². The molecule has 0 fully saturated rings. The van der Waals surface area contributed by atoms with Gasteiger partial charge in [0, 0.05) is 0 Å². The van der Waals surface area contributed by atoms with Crippen molar-refractivity contribution in [2.75, 3.05) is 13.2 Å². The van der Waals surface area contributed by atoms with Crippen molar-refractivity contribution < 1.29 is 14.6 Å². The van der Waals surface area contributed by atoms with Gasteiger partial charge in [0.25, 0.3) is 0 Å². The third kappa shape index (κ3) is 3.72. The lowest BCUT2D eigenvalue weighted by Crippen LogP contribution is -2.09. The zero-order valence-electron chi connectivity index (χ0n) is 9.12. The second-order valence-corrected chi connectivity index (χ2v) is 3.56. The Balaban J connectivity index is 2.44. The van der Waals surface area contributed by atoms with Crippen LogP contribution in [-0.4, -0.2) is 24.3 Å². The first-order valence-corrected chi connectivity index (χ1v) is 4.96. The Hall–Kier alpha value is -1.35. The van der Waals surface area contributed by atoms with Crippen molar-refractivity contribution in [1.29, 1.82) is 0 Å². The van der Waals surface area contributed by atoms with Gasteiger partial charge in [-0.15, -0.1) is 0 Å². The van der Waals surface area contributed by atoms with Crippen molar-refractivity contribution in [1.82, 2.24) is 0 Å². The molecule has 0 heterocycles. The predicted octanol–water partition coefficient (Wildman–Crippen LogP) is 1.95. The van der Waals surface area contributed by atoms with Gasteiger partial charge in [-0.3, -0.25) is 0 Å². The molecule has 1 aromatic rings. The van der Waals surface area contributed by atoms with Crippen LogP contribution in [0.1, 0.15) is 16.7 Å². The fourth-order valence-corrected chi connectivity index (χ4v) is 1.42. The van der Waals surface area contributed by atoms with Gasteiger partial charge in [-0.2, -0.15) is 0 Å². The van der Waals surface area contributed by atoms with Gasteiger partial charge in [-0.1, -0.05) is 18.2 Å². The lowest BCUT2D eigenvalue weighted by molar-refractivity contribution is -0.142. The third-order valence-electron chi connectivity index (χ3n) is 2.46. The molecule has 3 heteroatoms. The Kier molecular flexibility index (Phi) is 4.31. The average molecular weight is 208 g/mol. The van der Waals surface area contributed by atoms with Crippen LogP contribution >= 0.6 is 0 Å². The van der Waals surface area contributed by atoms with Gasteiger partial charge in [-0.05, 0) is 37.0 Å². The number of carboxylic acids is 1. The molecule has 3 nitrogen and oxygen atoms in total. The molecular weight excluding hydrogens is 192 g/mol. The summed E-state index contributed by atoms with van der Waals surface area (Å²) in [6, 6.07) is 6.12. The molecule has 0 spiro atoms. The molecule has 15 heavy (non-hydrogen) atoms. The Morgan fingerprint density at radius 3 is 2.80 bits per heavy atom. The van der Waals surface area contributed by atoms with Crippen molar-refractivity contribution in [2.45, 2.75) is 20.3 Å². The van der Waals surface area contributed by atoms with E-state index in [1.54, 1.807) is 0 Å². The minimum absolute atomic E-state index is 0.217. The summed E-state index contributed by atoms with van der Waals surface area (Å²) in [5, 5.41) is 8.38. The number of rotatable bonds is 5. The normalized spacial score (nSPS) is 10.3. The molecule has 82 valence electrons. The SMILES string of the molecule is Cc1cccc(CCOCC(=O)O)c1C. The van der Waals surface area contributed by atoms with Gasteiger partial charge in [0.05, 0.1) is 6.61 Å². The maximum atomic E-state index is 10.2. The second kappa shape index (κ2) is 5.51. The van der Waals surface area contributed by atoms with Gasteiger partial charge >= 0.3 is 5.97 Å². The highest BCUT2D eigenvalue weighted by Crippen LogP contribution is 2.13. The molecule has 0 radical (unpaired) electrons. The van der Waals surface area contributed by atoms with Crippen LogP contribution in [0.5, 0.6) is 0 Å². The first kappa shape index (κ1) is 11.7. The van der Waals surface area contributed by atoms with E-state index in [1.807, 2.05) is 12.1 Å². The lowest BCUT2D eigenvalue weighted by atomic mass is 10.0. The minimum Gasteiger partial charge on any atom is -0.480 e. The van der Waals surface area contributed by atoms with Gasteiger partial charge < -0.3 is 9.84 Å². The number of aryl methyl sites for hydroxylation is 1. The van der Waals surface area contributed by atoms with Crippen molar-refractivity contribution in [3.8, 4) is 0 Å². The van der Waals surface area contributed by atoms with E-state index >= 15 is 0 Å². The number of hydrogen-bond donors (Lipinski definition) is 1. The fraction of sp³-hybridized carbons (Fsp3) is 0.417. The smallest absolute Gasteiger partial charge is 0.329 e. The molecule has 0 aliphatic rings. The van der Waals surface area contributed by atoms with E-state index in [2.05, 4.69) is 19.9 Å². The van der Waals surface area contributed by atoms with Crippen LogP contribution in [0, 0.1) is 13.8 Å². The predicted molar refractivity (Wildman–Crippen MR) is 58.1 cm³/mol. The monoisotopic (exact) mass is 208 g/mol. The van der Waals surface area contributed by atoms with E-state index < -0.39 is 5.97 Å². The van der Waals surface area contributed by atoms with E-state index in [1.165, 1.54) is 16.7 Å². The Bertz CT molecular complexity index is 345. The fourth-order valence-electron chi connectivity index (χ4n) is 1.42. The molecule has 0 unspecified atom stereocenters. The van der Waals surface area contributed by atoms with Gasteiger partial charge in [0.15, 0.2) is 0 Å². The van der Waals surface area contributed by atoms with Crippen LogP contribution in [-0.2, 0) is 16.0 Å². The van der Waals surface area contributed by atoms with Crippen molar-refractivity contribution in [3.05, 3.63) is 34.9 Å². The number of carbonyl (C=O) groups is 1. The molecule has 0 atom stereocenters. The molecule has 0 aliphatic carbocycles. The molecule has 0 amide bonds. The maximum Gasteiger partial charge on any atom is 0.329 e. The summed E-state index contributed by atoms with van der Waals surface area (Å²) in [5.74, 6) is -0.920. The molecule has 1 aromatic carbocycles. The van der Waals surface area contributed by atoms with Crippen molar-refractivity contribution in [2.24, 2.45) is 0 Å². The summed E-state index contributed by atoms with van der Waals surface area (Å²) in [7, 11) is 0. The molecule has 1 N–H and O–H groups in total. The second-order valence-electron chi connectivity index (χ2n) is 3.56. The van der Waals surface area contributed by atoms with E-state index in [9.17, 15) is 4.79 Å². The van der Waals surface area contributed by atoms with Crippen LogP contribution < -0.4 is 0 Å². The molecule has 0 bridgehead atoms. The van der Waals surface area contributed by atoms with Crippen molar-refractivity contribution in [3.63, 3.8) is 0 Å². The summed E-state index contributed by atoms with van der Waals surface area (Å²) in [5.41, 5.74) is 3.74. The molecular formula is C12H16O3. The molecule has 1 rings (SSSR count). The summed E-state index contributed by atoms with van der Waals surface area (Å²) in [6.07, 6.45) is 0.765. The summed E-state index contributed by atoms with van der Waals surface area (Å²) in [4.78, 5) is 10.2. The van der Waals surface area contributed by atoms with E-state index in [4.69, 9.17) is 9.84 Å². The van der Waals surface area contributed by atoms with E-state index in [0.717, 1.165) is 6.42 Å². The first-order chi connectivity index (χ1) is 7.11. The highest BCUT2D eigenvalue weighted by atomic mass is 16.5. The quantitative estimate of drug-likeness (QED) is 0.752. The number of ether oxygens (including phenoxy) is 1. The molecule has 0 aliphatic heterocycles. The van der Waals surface area contributed by atoms with Crippen LogP contribution in [0.25, 0.3) is 0 Å². The third-order valence-corrected chi connectivity index (χ3v) is 2.46. The maximum absolute atomic E-state index is 10.2. The number of carboxylic acid groups (broad SMARTS) is 1. The lowest BCUT2D eigenvalue weighted by Gasteiger charge is -2.08. The summed E-state index contributed by atoms with van der Waals surface area (Å²) >= 11 is 0. The molecule has 0 aromatic heterocycles.